The van der Waals surface area contributed by atoms with Crippen molar-refractivity contribution in [1.29, 1.82) is 0 Å². The Morgan fingerprint density at radius 1 is 1.12 bits per heavy atom. The number of carbonyl (C=O) groups is 1. The van der Waals surface area contributed by atoms with E-state index in [0.717, 1.165) is 11.3 Å². The number of hydrogen-bond donors (Lipinski definition) is 0. The van der Waals surface area contributed by atoms with Gasteiger partial charge in [-0.25, -0.2) is 4.99 Å². The number of rotatable bonds is 6. The largest absolute Gasteiger partial charge is 0.497 e. The number of ketones is 1. The van der Waals surface area contributed by atoms with Crippen molar-refractivity contribution < 1.29 is 14.3 Å². The van der Waals surface area contributed by atoms with Crippen LogP contribution in [0.2, 0.25) is 0 Å². The van der Waals surface area contributed by atoms with Gasteiger partial charge in [0.05, 0.1) is 24.8 Å². The predicted octanol–water partition coefficient (Wildman–Crippen LogP) is 2.91. The van der Waals surface area contributed by atoms with E-state index in [1.54, 1.807) is 37.8 Å². The van der Waals surface area contributed by atoms with Crippen LogP contribution in [0.25, 0.3) is 6.08 Å². The Labute approximate surface area is 201 Å². The molecule has 34 heavy (non-hydrogen) atoms. The van der Waals surface area contributed by atoms with E-state index in [2.05, 4.69) is 4.99 Å². The zero-order valence-corrected chi connectivity index (χ0v) is 20.9. The lowest BCUT2D eigenvalue weighted by Crippen LogP contribution is -2.39. The lowest BCUT2D eigenvalue weighted by molar-refractivity contribution is -0.114. The summed E-state index contributed by atoms with van der Waals surface area (Å²) in [5, 5.41) is 0. The molecule has 2 heterocycles. The fourth-order valence-electron chi connectivity index (χ4n) is 4.13. The predicted molar refractivity (Wildman–Crippen MR) is 135 cm³/mol. The summed E-state index contributed by atoms with van der Waals surface area (Å²) in [5.41, 5.74) is 3.56. The highest BCUT2D eigenvalue weighted by atomic mass is 32.1. The number of benzene rings is 2. The highest BCUT2D eigenvalue weighted by molar-refractivity contribution is 7.07. The van der Waals surface area contributed by atoms with Crippen molar-refractivity contribution >= 4 is 28.9 Å². The van der Waals surface area contributed by atoms with Crippen LogP contribution in [0.1, 0.15) is 31.0 Å². The Hall–Kier alpha value is -3.65. The van der Waals surface area contributed by atoms with Crippen LogP contribution >= 0.6 is 11.3 Å². The third kappa shape index (κ3) is 4.17. The first-order valence-corrected chi connectivity index (χ1v) is 11.6. The first-order chi connectivity index (χ1) is 16.2. The number of aromatic nitrogens is 1. The Bertz CT molecular complexity index is 1460. The van der Waals surface area contributed by atoms with Crippen molar-refractivity contribution in [3.63, 3.8) is 0 Å². The van der Waals surface area contributed by atoms with Crippen LogP contribution in [-0.2, 0) is 4.79 Å². The number of carbonyl (C=O) groups excluding carboxylic acids is 1. The normalized spacial score (nSPS) is 15.6. The summed E-state index contributed by atoms with van der Waals surface area (Å²) in [6, 6.07) is 12.7. The van der Waals surface area contributed by atoms with E-state index in [9.17, 15) is 9.59 Å². The van der Waals surface area contributed by atoms with Gasteiger partial charge in [0, 0.05) is 42.7 Å². The average molecular weight is 478 g/mol. The summed E-state index contributed by atoms with van der Waals surface area (Å²) in [4.78, 5) is 33.6. The van der Waals surface area contributed by atoms with Gasteiger partial charge in [0.25, 0.3) is 5.56 Å². The van der Waals surface area contributed by atoms with Crippen molar-refractivity contribution in [3.05, 3.63) is 84.5 Å². The molecule has 2 aromatic carbocycles. The molecule has 3 aromatic rings. The number of fused-ring (bicyclic) bond motifs is 1. The molecule has 0 amide bonds. The number of Topliss-reactive ketones (excluding diaryl/α,β-unsaturated/α-hetero) is 1. The highest BCUT2D eigenvalue weighted by Gasteiger charge is 2.32. The molecule has 0 saturated heterocycles. The van der Waals surface area contributed by atoms with Crippen molar-refractivity contribution in [2.24, 2.45) is 4.99 Å². The fraction of sp³-hybridized carbons (Fsp3) is 0.269. The molecule has 1 atom stereocenters. The molecule has 0 bridgehead atoms. The fourth-order valence-corrected chi connectivity index (χ4v) is 5.18. The molecule has 0 saturated carbocycles. The molecule has 0 fully saturated rings. The number of nitrogens with zero attached hydrogens (tertiary/aromatic N) is 3. The Morgan fingerprint density at radius 3 is 2.41 bits per heavy atom. The summed E-state index contributed by atoms with van der Waals surface area (Å²) in [5.74, 6) is 1.02. The lowest BCUT2D eigenvalue weighted by Gasteiger charge is -2.26. The maximum absolute atomic E-state index is 13.6. The minimum absolute atomic E-state index is 0.141. The Kier molecular flexibility index (Phi) is 6.43. The molecule has 1 aliphatic heterocycles. The quantitative estimate of drug-likeness (QED) is 0.546. The summed E-state index contributed by atoms with van der Waals surface area (Å²) < 4.78 is 13.1. The van der Waals surface area contributed by atoms with Crippen molar-refractivity contribution in [2.75, 3.05) is 33.2 Å². The maximum Gasteiger partial charge on any atom is 0.271 e. The topological polar surface area (TPSA) is 73.1 Å². The molecule has 0 aliphatic carbocycles. The molecular formula is C26H27N3O4S. The van der Waals surface area contributed by atoms with Gasteiger partial charge in [0.1, 0.15) is 11.5 Å². The molecule has 1 aliphatic rings. The van der Waals surface area contributed by atoms with E-state index in [0.29, 0.717) is 37.7 Å². The summed E-state index contributed by atoms with van der Waals surface area (Å²) >= 11 is 1.31. The lowest BCUT2D eigenvalue weighted by atomic mass is 9.92. The monoisotopic (exact) mass is 477 g/mol. The highest BCUT2D eigenvalue weighted by Crippen LogP contribution is 2.37. The van der Waals surface area contributed by atoms with E-state index >= 15 is 0 Å². The SMILES string of the molecule is COc1ccc(C2C(C(C)=O)=C(C)N=c3sc(=Cc4ccc(N(C)C)cc4)c(=O)n32)c(OC)c1. The van der Waals surface area contributed by atoms with Crippen LogP contribution in [0.15, 0.2) is 63.5 Å². The van der Waals surface area contributed by atoms with E-state index in [1.165, 1.54) is 18.3 Å². The van der Waals surface area contributed by atoms with Gasteiger partial charge >= 0.3 is 0 Å². The third-order valence-corrected chi connectivity index (χ3v) is 6.83. The molecule has 1 unspecified atom stereocenters. The van der Waals surface area contributed by atoms with Gasteiger partial charge in [-0.1, -0.05) is 23.5 Å². The first kappa shape index (κ1) is 23.5. The smallest absolute Gasteiger partial charge is 0.271 e. The molecule has 0 N–H and O–H groups in total. The number of hydrogen-bond acceptors (Lipinski definition) is 7. The van der Waals surface area contributed by atoms with E-state index in [1.807, 2.05) is 55.4 Å². The van der Waals surface area contributed by atoms with Crippen LogP contribution in [0.4, 0.5) is 5.69 Å². The van der Waals surface area contributed by atoms with Gasteiger partial charge in [0.2, 0.25) is 0 Å². The Balaban J connectivity index is 1.94. The van der Waals surface area contributed by atoms with Crippen LogP contribution in [0.5, 0.6) is 11.5 Å². The van der Waals surface area contributed by atoms with Crippen LogP contribution < -0.4 is 29.3 Å². The van der Waals surface area contributed by atoms with Crippen molar-refractivity contribution in [2.45, 2.75) is 19.9 Å². The van der Waals surface area contributed by atoms with E-state index in [-0.39, 0.29) is 11.3 Å². The number of anilines is 1. The standard InChI is InChI=1S/C26H27N3O4S/c1-15-23(16(2)30)24(20-12-11-19(32-5)14-21(20)33-6)29-25(31)22(34-26(29)27-15)13-17-7-9-18(10-8-17)28(3)4/h7-14,24H,1-6H3. The van der Waals surface area contributed by atoms with E-state index in [4.69, 9.17) is 9.47 Å². The summed E-state index contributed by atoms with van der Waals surface area (Å²) in [6.45, 7) is 3.30. The second-order valence-corrected chi connectivity index (χ2v) is 9.24. The molecule has 4 rings (SSSR count). The molecule has 8 heteroatoms. The van der Waals surface area contributed by atoms with Crippen molar-refractivity contribution in [1.82, 2.24) is 4.57 Å². The average Bonchev–Trinajstić information content (AvgIpc) is 3.12. The van der Waals surface area contributed by atoms with Crippen LogP contribution in [-0.4, -0.2) is 38.7 Å². The van der Waals surface area contributed by atoms with Gasteiger partial charge in [-0.05, 0) is 49.8 Å². The second-order valence-electron chi connectivity index (χ2n) is 8.23. The van der Waals surface area contributed by atoms with E-state index < -0.39 is 6.04 Å². The summed E-state index contributed by atoms with van der Waals surface area (Å²) in [7, 11) is 7.10. The zero-order chi connectivity index (χ0) is 24.6. The number of methoxy groups -OCH3 is 2. The number of ether oxygens (including phenoxy) is 2. The minimum Gasteiger partial charge on any atom is -0.497 e. The van der Waals surface area contributed by atoms with Crippen LogP contribution in [0.3, 0.4) is 0 Å². The number of allylic oxidation sites excluding steroid dienone is 2. The molecule has 1 aromatic heterocycles. The third-order valence-electron chi connectivity index (χ3n) is 5.84. The second kappa shape index (κ2) is 9.30. The zero-order valence-electron chi connectivity index (χ0n) is 20.1. The van der Waals surface area contributed by atoms with Crippen LogP contribution in [0, 0.1) is 0 Å². The maximum atomic E-state index is 13.6. The summed E-state index contributed by atoms with van der Waals surface area (Å²) in [6.07, 6.45) is 1.86. The molecule has 0 spiro atoms. The van der Waals surface area contributed by atoms with Gasteiger partial charge in [-0.2, -0.15) is 0 Å². The van der Waals surface area contributed by atoms with Crippen molar-refractivity contribution in [3.8, 4) is 11.5 Å². The molecule has 0 radical (unpaired) electrons. The number of thiazole rings is 1. The van der Waals surface area contributed by atoms with Gasteiger partial charge in [-0.15, -0.1) is 0 Å². The Morgan fingerprint density at radius 2 is 1.82 bits per heavy atom. The molecule has 7 nitrogen and oxygen atoms in total. The first-order valence-electron chi connectivity index (χ1n) is 10.8. The minimum atomic E-state index is -0.645. The molecular weight excluding hydrogens is 450 g/mol. The molecule has 176 valence electrons. The van der Waals surface area contributed by atoms with Gasteiger partial charge < -0.3 is 14.4 Å². The van der Waals surface area contributed by atoms with Gasteiger partial charge in [-0.3, -0.25) is 14.2 Å². The van der Waals surface area contributed by atoms with Gasteiger partial charge in [0.15, 0.2) is 10.6 Å².